The van der Waals surface area contributed by atoms with Gasteiger partial charge in [0.05, 0.1) is 11.5 Å². The maximum atomic E-state index is 13.0. The quantitative estimate of drug-likeness (QED) is 0.802. The lowest BCUT2D eigenvalue weighted by molar-refractivity contribution is -0.149. The number of rotatable bonds is 2. The van der Waals surface area contributed by atoms with Crippen LogP contribution in [0.5, 0.6) is 0 Å². The van der Waals surface area contributed by atoms with Crippen LogP contribution in [0.15, 0.2) is 0 Å². The van der Waals surface area contributed by atoms with Crippen molar-refractivity contribution >= 4 is 12.0 Å². The summed E-state index contributed by atoms with van der Waals surface area (Å²) in [5.41, 5.74) is -0.544. The van der Waals surface area contributed by atoms with Gasteiger partial charge in [-0.25, -0.2) is 4.79 Å². The summed E-state index contributed by atoms with van der Waals surface area (Å²) in [6.45, 7) is 1.79. The molecule has 0 radical (unpaired) electrons. The van der Waals surface area contributed by atoms with Gasteiger partial charge in [-0.1, -0.05) is 19.3 Å². The van der Waals surface area contributed by atoms with Crippen LogP contribution < -0.4 is 5.32 Å². The van der Waals surface area contributed by atoms with E-state index >= 15 is 0 Å². The van der Waals surface area contributed by atoms with Gasteiger partial charge >= 0.3 is 12.0 Å². The maximum absolute atomic E-state index is 13.0. The lowest BCUT2D eigenvalue weighted by Gasteiger charge is -2.57. The molecule has 2 saturated heterocycles. The highest BCUT2D eigenvalue weighted by Gasteiger charge is 2.65. The summed E-state index contributed by atoms with van der Waals surface area (Å²) < 4.78 is 5.99. The summed E-state index contributed by atoms with van der Waals surface area (Å²) in [6, 6.07) is 0.174. The fourth-order valence-electron chi connectivity index (χ4n) is 6.92. The minimum atomic E-state index is -0.717. The van der Waals surface area contributed by atoms with Crippen LogP contribution in [0.4, 0.5) is 4.79 Å². The third-order valence-corrected chi connectivity index (χ3v) is 8.15. The first kappa shape index (κ1) is 15.9. The van der Waals surface area contributed by atoms with Gasteiger partial charge in [-0.3, -0.25) is 4.79 Å². The third-order valence-electron chi connectivity index (χ3n) is 8.15. The molecule has 2 amide bonds. The van der Waals surface area contributed by atoms with Crippen molar-refractivity contribution in [1.29, 1.82) is 0 Å². The Bertz CT molecular complexity index is 602. The predicted molar refractivity (Wildman–Crippen MR) is 90.1 cm³/mol. The van der Waals surface area contributed by atoms with Crippen LogP contribution in [-0.2, 0) is 9.53 Å². The van der Waals surface area contributed by atoms with E-state index < -0.39 is 11.4 Å². The lowest BCUT2D eigenvalue weighted by Crippen LogP contribution is -2.69. The molecule has 6 heteroatoms. The molecule has 5 fully saturated rings. The summed E-state index contributed by atoms with van der Waals surface area (Å²) in [4.78, 5) is 26.6. The van der Waals surface area contributed by atoms with E-state index in [0.717, 1.165) is 38.7 Å². The first-order chi connectivity index (χ1) is 12.1. The Morgan fingerprint density at radius 2 is 1.92 bits per heavy atom. The molecule has 5 rings (SSSR count). The molecule has 25 heavy (non-hydrogen) atoms. The van der Waals surface area contributed by atoms with Crippen molar-refractivity contribution in [3.63, 3.8) is 0 Å². The number of hydrogen-bond donors (Lipinski definition) is 2. The number of hydrogen-bond acceptors (Lipinski definition) is 3. The van der Waals surface area contributed by atoms with Gasteiger partial charge in [0.15, 0.2) is 0 Å². The van der Waals surface area contributed by atoms with Crippen LogP contribution in [0.25, 0.3) is 0 Å². The van der Waals surface area contributed by atoms with Gasteiger partial charge in [0, 0.05) is 37.1 Å². The van der Waals surface area contributed by atoms with E-state index in [1.165, 1.54) is 12.8 Å². The monoisotopic (exact) mass is 348 g/mol. The van der Waals surface area contributed by atoms with Gasteiger partial charge in [0.1, 0.15) is 0 Å². The van der Waals surface area contributed by atoms with Gasteiger partial charge in [0.2, 0.25) is 0 Å². The number of fused-ring (bicyclic) bond motifs is 3. The summed E-state index contributed by atoms with van der Waals surface area (Å²) in [5.74, 6) is -0.136. The van der Waals surface area contributed by atoms with Crippen molar-refractivity contribution < 1.29 is 19.4 Å². The smallest absolute Gasteiger partial charge is 0.317 e. The van der Waals surface area contributed by atoms with Gasteiger partial charge < -0.3 is 20.1 Å². The van der Waals surface area contributed by atoms with Crippen molar-refractivity contribution in [2.45, 2.75) is 63.5 Å². The Morgan fingerprint density at radius 3 is 2.64 bits per heavy atom. The standard InChI is InChI=1S/C19H28N2O4/c22-16(23)19-8-3-4-12(19)10-21(11-19)17(24)20-14-13-5-9-25-15(13)18(14)6-1-2-7-18/h12-15H,1-11H2,(H,20,24)(H,22,23)/t12-,13?,14?,15?,19+/m0/s1. The normalized spacial score (nSPS) is 43.8. The van der Waals surface area contributed by atoms with E-state index in [1.807, 2.05) is 0 Å². The molecule has 2 aliphatic heterocycles. The number of carbonyl (C=O) groups excluding carboxylic acids is 1. The van der Waals surface area contributed by atoms with Crippen molar-refractivity contribution in [1.82, 2.24) is 10.2 Å². The second-order valence-electron chi connectivity index (χ2n) is 9.04. The molecular weight excluding hydrogens is 320 g/mol. The van der Waals surface area contributed by atoms with Crippen molar-refractivity contribution in [2.24, 2.45) is 22.7 Å². The molecule has 3 saturated carbocycles. The maximum Gasteiger partial charge on any atom is 0.317 e. The zero-order chi connectivity index (χ0) is 17.2. The zero-order valence-corrected chi connectivity index (χ0v) is 14.7. The van der Waals surface area contributed by atoms with Crippen LogP contribution in [0.3, 0.4) is 0 Å². The molecule has 0 aromatic carbocycles. The van der Waals surface area contributed by atoms with Crippen LogP contribution >= 0.6 is 0 Å². The number of nitrogens with zero attached hydrogens (tertiary/aromatic N) is 1. The lowest BCUT2D eigenvalue weighted by atomic mass is 9.54. The van der Waals surface area contributed by atoms with Crippen molar-refractivity contribution in [3.8, 4) is 0 Å². The van der Waals surface area contributed by atoms with E-state index in [-0.39, 0.29) is 23.4 Å². The minimum Gasteiger partial charge on any atom is -0.481 e. The molecule has 1 spiro atoms. The van der Waals surface area contributed by atoms with E-state index in [4.69, 9.17) is 4.74 Å². The van der Waals surface area contributed by atoms with E-state index in [2.05, 4.69) is 5.32 Å². The van der Waals surface area contributed by atoms with Crippen LogP contribution in [0, 0.1) is 22.7 Å². The fourth-order valence-corrected chi connectivity index (χ4v) is 6.92. The zero-order valence-electron chi connectivity index (χ0n) is 14.7. The molecule has 3 unspecified atom stereocenters. The van der Waals surface area contributed by atoms with Crippen molar-refractivity contribution in [2.75, 3.05) is 19.7 Å². The molecule has 2 N–H and O–H groups in total. The van der Waals surface area contributed by atoms with Crippen molar-refractivity contribution in [3.05, 3.63) is 0 Å². The molecule has 5 aliphatic rings. The minimum absolute atomic E-state index is 0.0448. The molecule has 3 aliphatic carbocycles. The Labute approximate surface area is 148 Å². The molecule has 2 heterocycles. The number of carbonyl (C=O) groups is 2. The number of carboxylic acid groups (broad SMARTS) is 1. The average molecular weight is 348 g/mol. The number of urea groups is 1. The fraction of sp³-hybridized carbons (Fsp3) is 0.895. The topological polar surface area (TPSA) is 78.9 Å². The third kappa shape index (κ3) is 2.00. The van der Waals surface area contributed by atoms with E-state index in [1.54, 1.807) is 4.90 Å². The molecule has 0 aromatic rings. The second kappa shape index (κ2) is 5.35. The van der Waals surface area contributed by atoms with Crippen LogP contribution in [0.1, 0.15) is 51.4 Å². The van der Waals surface area contributed by atoms with Gasteiger partial charge in [-0.2, -0.15) is 0 Å². The number of aliphatic carboxylic acids is 1. The molecule has 0 aromatic heterocycles. The Balaban J connectivity index is 1.30. The molecular formula is C19H28N2O4. The number of carboxylic acids is 1. The van der Waals surface area contributed by atoms with Crippen LogP contribution in [0.2, 0.25) is 0 Å². The number of likely N-dealkylation sites (tertiary alicyclic amines) is 1. The Hall–Kier alpha value is -1.30. The van der Waals surface area contributed by atoms with Gasteiger partial charge in [-0.05, 0) is 38.0 Å². The largest absolute Gasteiger partial charge is 0.481 e. The first-order valence-corrected chi connectivity index (χ1v) is 9.97. The van der Waals surface area contributed by atoms with E-state index in [0.29, 0.717) is 31.5 Å². The molecule has 138 valence electrons. The molecule has 6 nitrogen and oxygen atoms in total. The average Bonchev–Trinajstić information content (AvgIpc) is 3.32. The van der Waals surface area contributed by atoms with Gasteiger partial charge in [-0.15, -0.1) is 0 Å². The summed E-state index contributed by atoms with van der Waals surface area (Å²) >= 11 is 0. The highest BCUT2D eigenvalue weighted by atomic mass is 16.5. The first-order valence-electron chi connectivity index (χ1n) is 9.97. The SMILES string of the molecule is O=C(NC1C2CCOC2C12CCCC2)N1C[C@@H]2CCC[C@@]2(C(=O)O)C1. The summed E-state index contributed by atoms with van der Waals surface area (Å²) in [5, 5.41) is 13.1. The Morgan fingerprint density at radius 1 is 1.12 bits per heavy atom. The predicted octanol–water partition coefficient (Wildman–Crippen LogP) is 2.23. The number of ether oxygens (including phenoxy) is 1. The molecule has 5 atom stereocenters. The highest BCUT2D eigenvalue weighted by molar-refractivity contribution is 5.81. The van der Waals surface area contributed by atoms with E-state index in [9.17, 15) is 14.7 Å². The van der Waals surface area contributed by atoms with Gasteiger partial charge in [0.25, 0.3) is 0 Å². The molecule has 0 bridgehead atoms. The van der Waals surface area contributed by atoms with Crippen LogP contribution in [-0.4, -0.2) is 53.8 Å². The number of amides is 2. The second-order valence-corrected chi connectivity index (χ2v) is 9.04. The summed E-state index contributed by atoms with van der Waals surface area (Å²) in [6.07, 6.45) is 8.76. The summed E-state index contributed by atoms with van der Waals surface area (Å²) in [7, 11) is 0. The Kier molecular flexibility index (Phi) is 3.41. The number of nitrogens with one attached hydrogen (secondary N) is 1. The highest BCUT2D eigenvalue weighted by Crippen LogP contribution is 2.60.